The molecule has 0 N–H and O–H groups in total. The highest BCUT2D eigenvalue weighted by atomic mass is 32.2. The maximum absolute atomic E-state index is 11.2. The minimum absolute atomic E-state index is 0.554. The van der Waals surface area contributed by atoms with Gasteiger partial charge in [0.25, 0.3) is 0 Å². The summed E-state index contributed by atoms with van der Waals surface area (Å²) in [5.74, 6) is 0. The zero-order valence-corrected chi connectivity index (χ0v) is 16.3. The summed E-state index contributed by atoms with van der Waals surface area (Å²) in [7, 11) is -0.869. The highest BCUT2D eigenvalue weighted by Gasteiger charge is 2.26. The van der Waals surface area contributed by atoms with Crippen LogP contribution in [-0.4, -0.2) is 56.6 Å². The van der Waals surface area contributed by atoms with Crippen LogP contribution in [0.1, 0.15) is 72.1 Å². The van der Waals surface area contributed by atoms with Crippen molar-refractivity contribution in [3.8, 4) is 0 Å². The van der Waals surface area contributed by atoms with E-state index in [1.54, 1.807) is 4.31 Å². The Morgan fingerprint density at radius 3 is 1.73 bits per heavy atom. The molecule has 5 heteroatoms. The third-order valence-corrected chi connectivity index (χ3v) is 5.77. The number of sulfonamides is 1. The van der Waals surface area contributed by atoms with E-state index in [4.69, 9.17) is 0 Å². The fraction of sp³-hybridized carbons (Fsp3) is 1.00. The molecule has 134 valence electrons. The van der Waals surface area contributed by atoms with Gasteiger partial charge in [0, 0.05) is 19.1 Å². The average Bonchev–Trinajstić information content (AvgIpc) is 2.51. The fourth-order valence-electron chi connectivity index (χ4n) is 2.73. The molecule has 0 aromatic heterocycles. The van der Waals surface area contributed by atoms with Crippen LogP contribution in [0.25, 0.3) is 0 Å². The first kappa shape index (κ1) is 21.9. The van der Waals surface area contributed by atoms with Gasteiger partial charge in [-0.1, -0.05) is 59.3 Å². The Balaban J connectivity index is 0.000000472. The molecule has 0 unspecified atom stereocenters. The molecule has 0 radical (unpaired) electrons. The molecule has 0 aliphatic carbocycles. The van der Waals surface area contributed by atoms with Gasteiger partial charge in [0.05, 0.1) is 6.26 Å². The lowest BCUT2D eigenvalue weighted by atomic mass is 10.1. The smallest absolute Gasteiger partial charge is 0.211 e. The molecule has 1 heterocycles. The second-order valence-corrected chi connectivity index (χ2v) is 8.36. The van der Waals surface area contributed by atoms with Gasteiger partial charge >= 0.3 is 0 Å². The SMILES string of the molecule is CCCCCCCC.CCN(C)C1CCN(S(C)(=O)=O)CC1. The van der Waals surface area contributed by atoms with Crippen LogP contribution >= 0.6 is 0 Å². The second-order valence-electron chi connectivity index (χ2n) is 6.38. The van der Waals surface area contributed by atoms with E-state index in [0.29, 0.717) is 19.1 Å². The van der Waals surface area contributed by atoms with Gasteiger partial charge in [-0.15, -0.1) is 0 Å². The summed E-state index contributed by atoms with van der Waals surface area (Å²) in [4.78, 5) is 2.29. The molecule has 1 saturated heterocycles. The summed E-state index contributed by atoms with van der Waals surface area (Å²) >= 11 is 0. The van der Waals surface area contributed by atoms with E-state index >= 15 is 0 Å². The molecule has 0 aromatic carbocycles. The largest absolute Gasteiger partial charge is 0.304 e. The molecule has 1 aliphatic rings. The van der Waals surface area contributed by atoms with Crippen molar-refractivity contribution < 1.29 is 8.42 Å². The highest BCUT2D eigenvalue weighted by molar-refractivity contribution is 7.88. The standard InChI is InChI=1S/C9H20N2O2S.C8H18/c1-4-10(2)9-5-7-11(8-6-9)14(3,12)13;1-3-5-7-8-6-4-2/h9H,4-8H2,1-3H3;3-8H2,1-2H3. The Bertz CT molecular complexity index is 344. The molecule has 0 saturated carbocycles. The lowest BCUT2D eigenvalue weighted by Gasteiger charge is -2.35. The van der Waals surface area contributed by atoms with Crippen LogP contribution in [0.4, 0.5) is 0 Å². The van der Waals surface area contributed by atoms with Crippen LogP contribution in [0.3, 0.4) is 0 Å². The fourth-order valence-corrected chi connectivity index (χ4v) is 3.60. The molecule has 0 atom stereocenters. The van der Waals surface area contributed by atoms with E-state index in [1.165, 1.54) is 44.8 Å². The summed E-state index contributed by atoms with van der Waals surface area (Å²) < 4.78 is 24.1. The predicted octanol–water partition coefficient (Wildman–Crippen LogP) is 3.73. The van der Waals surface area contributed by atoms with Gasteiger partial charge in [0.2, 0.25) is 10.0 Å². The van der Waals surface area contributed by atoms with Crippen molar-refractivity contribution in [1.82, 2.24) is 9.21 Å². The van der Waals surface area contributed by atoms with E-state index in [0.717, 1.165) is 19.4 Å². The van der Waals surface area contributed by atoms with Crippen molar-refractivity contribution in [2.24, 2.45) is 0 Å². The number of rotatable bonds is 8. The summed E-state index contributed by atoms with van der Waals surface area (Å²) in [6.07, 6.45) is 11.7. The zero-order chi connectivity index (χ0) is 17.0. The van der Waals surface area contributed by atoms with E-state index in [-0.39, 0.29) is 0 Å². The van der Waals surface area contributed by atoms with Crippen molar-refractivity contribution in [2.45, 2.75) is 78.2 Å². The summed E-state index contributed by atoms with van der Waals surface area (Å²) in [6, 6.07) is 0.554. The number of hydrogen-bond acceptors (Lipinski definition) is 3. The molecular formula is C17H38N2O2S. The highest BCUT2D eigenvalue weighted by Crippen LogP contribution is 2.16. The summed E-state index contributed by atoms with van der Waals surface area (Å²) in [5.41, 5.74) is 0. The molecule has 0 amide bonds. The Hall–Kier alpha value is -0.130. The van der Waals surface area contributed by atoms with E-state index in [1.807, 2.05) is 0 Å². The molecule has 22 heavy (non-hydrogen) atoms. The topological polar surface area (TPSA) is 40.6 Å². The van der Waals surface area contributed by atoms with Crippen molar-refractivity contribution in [1.29, 1.82) is 0 Å². The lowest BCUT2D eigenvalue weighted by Crippen LogP contribution is -2.45. The molecule has 0 bridgehead atoms. The minimum Gasteiger partial charge on any atom is -0.304 e. The Morgan fingerprint density at radius 1 is 0.955 bits per heavy atom. The normalized spacial score (nSPS) is 17.4. The molecule has 1 aliphatic heterocycles. The first-order valence-electron chi connectivity index (χ1n) is 9.02. The Kier molecular flexibility index (Phi) is 12.2. The molecule has 4 nitrogen and oxygen atoms in total. The molecule has 1 rings (SSSR count). The van der Waals surface area contributed by atoms with Crippen LogP contribution < -0.4 is 0 Å². The minimum atomic E-state index is -2.97. The van der Waals surface area contributed by atoms with Gasteiger partial charge < -0.3 is 4.90 Å². The van der Waals surface area contributed by atoms with Gasteiger partial charge in [-0.05, 0) is 26.4 Å². The van der Waals surface area contributed by atoms with Crippen LogP contribution in [0, 0.1) is 0 Å². The zero-order valence-electron chi connectivity index (χ0n) is 15.5. The van der Waals surface area contributed by atoms with Crippen molar-refractivity contribution in [3.05, 3.63) is 0 Å². The summed E-state index contributed by atoms with van der Waals surface area (Å²) in [5, 5.41) is 0. The molecule has 1 fully saturated rings. The third kappa shape index (κ3) is 9.80. The van der Waals surface area contributed by atoms with Crippen LogP contribution in [-0.2, 0) is 10.0 Å². The van der Waals surface area contributed by atoms with Gasteiger partial charge in [-0.25, -0.2) is 12.7 Å². The van der Waals surface area contributed by atoms with Crippen molar-refractivity contribution >= 4 is 10.0 Å². The molecule has 0 aromatic rings. The first-order valence-corrected chi connectivity index (χ1v) is 10.9. The van der Waals surface area contributed by atoms with Crippen LogP contribution in [0.15, 0.2) is 0 Å². The average molecular weight is 335 g/mol. The molecular weight excluding hydrogens is 296 g/mol. The number of piperidine rings is 1. The lowest BCUT2D eigenvalue weighted by molar-refractivity contribution is 0.175. The van der Waals surface area contributed by atoms with Crippen LogP contribution in [0.5, 0.6) is 0 Å². The second kappa shape index (κ2) is 12.3. The van der Waals surface area contributed by atoms with E-state index in [2.05, 4.69) is 32.7 Å². The monoisotopic (exact) mass is 334 g/mol. The quantitative estimate of drug-likeness (QED) is 0.635. The van der Waals surface area contributed by atoms with Gasteiger partial charge in [-0.3, -0.25) is 0 Å². The third-order valence-electron chi connectivity index (χ3n) is 4.47. The van der Waals surface area contributed by atoms with Gasteiger partial charge in [0.1, 0.15) is 0 Å². The van der Waals surface area contributed by atoms with Gasteiger partial charge in [-0.2, -0.15) is 0 Å². The van der Waals surface area contributed by atoms with E-state index in [9.17, 15) is 8.42 Å². The Morgan fingerprint density at radius 2 is 1.41 bits per heavy atom. The predicted molar refractivity (Wildman–Crippen MR) is 96.8 cm³/mol. The number of hydrogen-bond donors (Lipinski definition) is 0. The first-order chi connectivity index (χ1) is 10.4. The van der Waals surface area contributed by atoms with Gasteiger partial charge in [0.15, 0.2) is 0 Å². The number of unbranched alkanes of at least 4 members (excludes halogenated alkanes) is 5. The maximum atomic E-state index is 11.2. The van der Waals surface area contributed by atoms with Crippen molar-refractivity contribution in [2.75, 3.05) is 32.9 Å². The van der Waals surface area contributed by atoms with Crippen LogP contribution in [0.2, 0.25) is 0 Å². The van der Waals surface area contributed by atoms with E-state index < -0.39 is 10.0 Å². The summed E-state index contributed by atoms with van der Waals surface area (Å²) in [6.45, 7) is 9.02. The van der Waals surface area contributed by atoms with Crippen molar-refractivity contribution in [3.63, 3.8) is 0 Å². The Labute approximate surface area is 139 Å². The molecule has 0 spiro atoms. The maximum Gasteiger partial charge on any atom is 0.211 e. The number of nitrogens with zero attached hydrogens (tertiary/aromatic N) is 2.